The number of allylic oxidation sites excluding steroid dienone is 1. The zero-order valence-electron chi connectivity index (χ0n) is 16.1. The van der Waals surface area contributed by atoms with Crippen molar-refractivity contribution >= 4 is 11.8 Å². The molecule has 0 bridgehead atoms. The lowest BCUT2D eigenvalue weighted by atomic mass is 10.1. The van der Waals surface area contributed by atoms with E-state index in [9.17, 15) is 0 Å². The molecule has 0 aromatic carbocycles. The van der Waals surface area contributed by atoms with Gasteiger partial charge >= 0.3 is 0 Å². The first-order chi connectivity index (χ1) is 12.7. The number of unbranched alkanes of at least 4 members (excludes halogenated alkanes) is 2. The summed E-state index contributed by atoms with van der Waals surface area (Å²) in [7, 11) is 0. The third-order valence-corrected chi connectivity index (χ3v) is 4.64. The molecule has 0 atom stereocenters. The molecule has 0 aliphatic carbocycles. The Morgan fingerprint density at radius 3 is 2.77 bits per heavy atom. The SMILES string of the molecule is CCCCCc1cc(C=C2N=C(c3ccc[nH]3)C=C2OCC)[nH]c1CC. The predicted molar refractivity (Wildman–Crippen MR) is 108 cm³/mol. The summed E-state index contributed by atoms with van der Waals surface area (Å²) in [6, 6.07) is 6.28. The van der Waals surface area contributed by atoms with Crippen molar-refractivity contribution in [3.05, 3.63) is 64.6 Å². The number of aliphatic imine (C=N–C) groups is 1. The molecule has 1 aliphatic heterocycles. The summed E-state index contributed by atoms with van der Waals surface area (Å²) in [4.78, 5) is 11.5. The van der Waals surface area contributed by atoms with Crippen LogP contribution in [0.3, 0.4) is 0 Å². The maximum absolute atomic E-state index is 5.81. The first-order valence-corrected chi connectivity index (χ1v) is 9.74. The van der Waals surface area contributed by atoms with Crippen LogP contribution in [0.1, 0.15) is 62.7 Å². The Hall–Kier alpha value is -2.49. The van der Waals surface area contributed by atoms with Crippen LogP contribution in [0, 0.1) is 0 Å². The number of rotatable bonds is 9. The van der Waals surface area contributed by atoms with Gasteiger partial charge in [0.2, 0.25) is 0 Å². The number of nitrogens with one attached hydrogen (secondary N) is 2. The van der Waals surface area contributed by atoms with Crippen molar-refractivity contribution in [3.8, 4) is 0 Å². The van der Waals surface area contributed by atoms with Crippen molar-refractivity contribution in [2.24, 2.45) is 4.99 Å². The van der Waals surface area contributed by atoms with Crippen LogP contribution in [-0.4, -0.2) is 22.3 Å². The van der Waals surface area contributed by atoms with E-state index >= 15 is 0 Å². The Morgan fingerprint density at radius 2 is 2.08 bits per heavy atom. The van der Waals surface area contributed by atoms with Gasteiger partial charge in [-0.3, -0.25) is 0 Å². The van der Waals surface area contributed by atoms with Gasteiger partial charge in [0.15, 0.2) is 0 Å². The minimum atomic E-state index is 0.629. The second-order valence-corrected chi connectivity index (χ2v) is 6.59. The zero-order chi connectivity index (χ0) is 18.4. The smallest absolute Gasteiger partial charge is 0.147 e. The molecule has 0 unspecified atom stereocenters. The Morgan fingerprint density at radius 1 is 1.19 bits per heavy atom. The largest absolute Gasteiger partial charge is 0.492 e. The Kier molecular flexibility index (Phi) is 6.16. The fourth-order valence-electron chi connectivity index (χ4n) is 3.31. The molecule has 4 heteroatoms. The van der Waals surface area contributed by atoms with Crippen LogP contribution in [0.15, 0.2) is 46.9 Å². The van der Waals surface area contributed by atoms with E-state index in [0.717, 1.165) is 41.4 Å². The van der Waals surface area contributed by atoms with Gasteiger partial charge in [-0.05, 0) is 56.0 Å². The van der Waals surface area contributed by atoms with Gasteiger partial charge in [-0.2, -0.15) is 0 Å². The Labute approximate surface area is 156 Å². The van der Waals surface area contributed by atoms with Crippen LogP contribution in [0.25, 0.3) is 6.08 Å². The monoisotopic (exact) mass is 351 g/mol. The fourth-order valence-corrected chi connectivity index (χ4v) is 3.31. The number of nitrogens with zero attached hydrogens (tertiary/aromatic N) is 1. The molecule has 2 aromatic heterocycles. The lowest BCUT2D eigenvalue weighted by molar-refractivity contribution is 0.239. The predicted octanol–water partition coefficient (Wildman–Crippen LogP) is 5.40. The Bertz CT molecular complexity index is 807. The first-order valence-electron chi connectivity index (χ1n) is 9.74. The van der Waals surface area contributed by atoms with Gasteiger partial charge in [0.25, 0.3) is 0 Å². The molecule has 0 amide bonds. The van der Waals surface area contributed by atoms with E-state index < -0.39 is 0 Å². The summed E-state index contributed by atoms with van der Waals surface area (Å²) < 4.78 is 5.81. The van der Waals surface area contributed by atoms with E-state index in [0.29, 0.717) is 6.61 Å². The second-order valence-electron chi connectivity index (χ2n) is 6.59. The molecule has 3 heterocycles. The van der Waals surface area contributed by atoms with E-state index in [4.69, 9.17) is 9.73 Å². The number of hydrogen-bond donors (Lipinski definition) is 2. The molecule has 0 radical (unpaired) electrons. The summed E-state index contributed by atoms with van der Waals surface area (Å²) in [5.41, 5.74) is 6.66. The van der Waals surface area contributed by atoms with E-state index in [1.165, 1.54) is 30.5 Å². The van der Waals surface area contributed by atoms with Crippen molar-refractivity contribution in [2.45, 2.75) is 52.9 Å². The van der Waals surface area contributed by atoms with Crippen molar-refractivity contribution in [3.63, 3.8) is 0 Å². The van der Waals surface area contributed by atoms with Crippen molar-refractivity contribution in [2.75, 3.05) is 6.61 Å². The highest BCUT2D eigenvalue weighted by atomic mass is 16.5. The minimum Gasteiger partial charge on any atom is -0.492 e. The summed E-state index contributed by atoms with van der Waals surface area (Å²) in [6.45, 7) is 7.08. The highest BCUT2D eigenvalue weighted by Crippen LogP contribution is 2.26. The first kappa shape index (κ1) is 18.3. The lowest BCUT2D eigenvalue weighted by Crippen LogP contribution is -1.94. The van der Waals surface area contributed by atoms with Gasteiger partial charge in [-0.25, -0.2) is 4.99 Å². The van der Waals surface area contributed by atoms with Crippen LogP contribution in [0.2, 0.25) is 0 Å². The second kappa shape index (κ2) is 8.75. The van der Waals surface area contributed by atoms with Gasteiger partial charge < -0.3 is 14.7 Å². The summed E-state index contributed by atoms with van der Waals surface area (Å²) in [5, 5.41) is 0. The van der Waals surface area contributed by atoms with Crippen LogP contribution in [-0.2, 0) is 17.6 Å². The third kappa shape index (κ3) is 4.18. The molecule has 3 rings (SSSR count). The molecule has 0 spiro atoms. The molecule has 138 valence electrons. The zero-order valence-corrected chi connectivity index (χ0v) is 16.1. The molecule has 26 heavy (non-hydrogen) atoms. The number of aromatic nitrogens is 2. The molecule has 1 aliphatic rings. The third-order valence-electron chi connectivity index (χ3n) is 4.64. The lowest BCUT2D eigenvalue weighted by Gasteiger charge is -2.03. The van der Waals surface area contributed by atoms with Gasteiger partial charge in [-0.1, -0.05) is 26.7 Å². The van der Waals surface area contributed by atoms with E-state index in [1.54, 1.807) is 0 Å². The highest BCUT2D eigenvalue weighted by molar-refractivity contribution is 6.11. The molecular formula is C22H29N3O. The molecule has 2 aromatic rings. The average Bonchev–Trinajstić information content (AvgIpc) is 3.36. The standard InChI is InChI=1S/C22H29N3O/c1-4-7-8-10-16-13-17(24-18(16)5-2)14-21-22(26-6-3)15-20(25-21)19-11-9-12-23-19/h9,11-15,23-24H,4-8,10H2,1-3H3. The summed E-state index contributed by atoms with van der Waals surface area (Å²) >= 11 is 0. The number of H-pyrrole nitrogens is 2. The van der Waals surface area contributed by atoms with Crippen molar-refractivity contribution in [1.82, 2.24) is 9.97 Å². The van der Waals surface area contributed by atoms with Gasteiger partial charge in [-0.15, -0.1) is 0 Å². The fraction of sp³-hybridized carbons (Fsp3) is 0.409. The minimum absolute atomic E-state index is 0.629. The summed E-state index contributed by atoms with van der Waals surface area (Å²) in [6.07, 6.45) is 12.0. The normalized spacial score (nSPS) is 15.4. The van der Waals surface area contributed by atoms with E-state index in [2.05, 4.69) is 36.0 Å². The number of aryl methyl sites for hydroxylation is 2. The van der Waals surface area contributed by atoms with Crippen LogP contribution >= 0.6 is 0 Å². The van der Waals surface area contributed by atoms with Gasteiger partial charge in [0.05, 0.1) is 18.0 Å². The Balaban J connectivity index is 1.86. The van der Waals surface area contributed by atoms with E-state index in [1.807, 2.05) is 31.3 Å². The number of hydrogen-bond acceptors (Lipinski definition) is 2. The quantitative estimate of drug-likeness (QED) is 0.584. The topological polar surface area (TPSA) is 53.2 Å². The maximum Gasteiger partial charge on any atom is 0.147 e. The molecule has 0 saturated carbocycles. The molecule has 0 fully saturated rings. The molecule has 0 saturated heterocycles. The van der Waals surface area contributed by atoms with Crippen molar-refractivity contribution in [1.29, 1.82) is 0 Å². The number of ether oxygens (including phenoxy) is 1. The molecule has 2 N–H and O–H groups in total. The maximum atomic E-state index is 5.81. The van der Waals surface area contributed by atoms with E-state index in [-0.39, 0.29) is 0 Å². The molecular weight excluding hydrogens is 322 g/mol. The van der Waals surface area contributed by atoms with Gasteiger partial charge in [0, 0.05) is 23.7 Å². The highest BCUT2D eigenvalue weighted by Gasteiger charge is 2.18. The van der Waals surface area contributed by atoms with Crippen LogP contribution in [0.5, 0.6) is 0 Å². The summed E-state index contributed by atoms with van der Waals surface area (Å²) in [5.74, 6) is 0.831. The molecule has 4 nitrogen and oxygen atoms in total. The number of aromatic amines is 2. The van der Waals surface area contributed by atoms with Crippen LogP contribution < -0.4 is 0 Å². The average molecular weight is 351 g/mol. The van der Waals surface area contributed by atoms with Gasteiger partial charge in [0.1, 0.15) is 11.5 Å². The van der Waals surface area contributed by atoms with Crippen LogP contribution in [0.4, 0.5) is 0 Å². The van der Waals surface area contributed by atoms with Crippen molar-refractivity contribution < 1.29 is 4.74 Å².